The van der Waals surface area contributed by atoms with Gasteiger partial charge in [0.25, 0.3) is 0 Å². The van der Waals surface area contributed by atoms with Crippen LogP contribution in [-0.2, 0) is 19.4 Å². The van der Waals surface area contributed by atoms with Gasteiger partial charge in [0.1, 0.15) is 5.75 Å². The van der Waals surface area contributed by atoms with Crippen molar-refractivity contribution in [2.24, 2.45) is 0 Å². The third-order valence-corrected chi connectivity index (χ3v) is 7.74. The minimum absolute atomic E-state index is 0.0802. The molecule has 1 atom stereocenters. The molecule has 9 heteroatoms. The third kappa shape index (κ3) is 4.91. The van der Waals surface area contributed by atoms with Crippen molar-refractivity contribution in [2.75, 3.05) is 23.5 Å². The zero-order valence-corrected chi connectivity index (χ0v) is 17.7. The molecule has 0 radical (unpaired) electrons. The molecule has 2 aromatic rings. The molecule has 2 aromatic carbocycles. The van der Waals surface area contributed by atoms with Crippen LogP contribution in [0.25, 0.3) is 0 Å². The fourth-order valence-electron chi connectivity index (χ4n) is 2.93. The second kappa shape index (κ2) is 8.87. The number of benzene rings is 2. The van der Waals surface area contributed by atoms with Gasteiger partial charge in [-0.2, -0.15) is 0 Å². The number of fused-ring (bicyclic) bond motifs is 1. The Morgan fingerprint density at radius 3 is 2.79 bits per heavy atom. The fourth-order valence-corrected chi connectivity index (χ4v) is 5.24. The van der Waals surface area contributed by atoms with Crippen LogP contribution in [0.1, 0.15) is 19.8 Å². The average Bonchev–Trinajstić information content (AvgIpc) is 2.88. The summed E-state index contributed by atoms with van der Waals surface area (Å²) in [5, 5.41) is 4.49. The minimum Gasteiger partial charge on any atom is -0.495 e. The number of hydrogen-bond acceptors (Lipinski definition) is 6. The number of hydrogen-bond donors (Lipinski definition) is 2. The number of thioether (sulfide) groups is 1. The predicted octanol–water partition coefficient (Wildman–Crippen LogP) is 3.32. The molecule has 3 rings (SSSR count). The van der Waals surface area contributed by atoms with Crippen LogP contribution in [0.4, 0.5) is 11.4 Å². The van der Waals surface area contributed by atoms with E-state index in [0.29, 0.717) is 29.3 Å². The summed E-state index contributed by atoms with van der Waals surface area (Å²) >= 11 is 1.50. The van der Waals surface area contributed by atoms with Crippen LogP contribution in [0, 0.1) is 0 Å². The van der Waals surface area contributed by atoms with E-state index in [0.717, 1.165) is 4.90 Å². The van der Waals surface area contributed by atoms with Crippen LogP contribution in [0.3, 0.4) is 0 Å². The molecule has 154 valence electrons. The Balaban J connectivity index is 1.75. The largest absolute Gasteiger partial charge is 0.495 e. The van der Waals surface area contributed by atoms with Gasteiger partial charge < -0.3 is 15.4 Å². The van der Waals surface area contributed by atoms with Gasteiger partial charge in [-0.15, -0.1) is 11.8 Å². The summed E-state index contributed by atoms with van der Waals surface area (Å²) in [5.74, 6) is 0.569. The second-order valence-corrected chi connectivity index (χ2v) is 10.1. The Hall–Kier alpha value is -2.52. The summed E-state index contributed by atoms with van der Waals surface area (Å²) in [6, 6.07) is 11.6. The lowest BCUT2D eigenvalue weighted by atomic mass is 10.2. The quantitative estimate of drug-likeness (QED) is 0.723. The number of sulfone groups is 1. The van der Waals surface area contributed by atoms with Crippen molar-refractivity contribution in [3.05, 3.63) is 42.5 Å². The van der Waals surface area contributed by atoms with E-state index in [4.69, 9.17) is 4.74 Å². The zero-order chi connectivity index (χ0) is 21.0. The SMILES string of the molecule is COc1ccccc1NC(=O)CC(C)S(=O)(=O)c1ccc2c(c1)NC(=O)CCS2. The van der Waals surface area contributed by atoms with E-state index >= 15 is 0 Å². The number of rotatable bonds is 6. The van der Waals surface area contributed by atoms with Crippen molar-refractivity contribution >= 4 is 44.8 Å². The fraction of sp³-hybridized carbons (Fsp3) is 0.300. The number of nitrogens with one attached hydrogen (secondary N) is 2. The summed E-state index contributed by atoms with van der Waals surface area (Å²) in [6.45, 7) is 1.50. The van der Waals surface area contributed by atoms with E-state index < -0.39 is 21.0 Å². The summed E-state index contributed by atoms with van der Waals surface area (Å²) in [7, 11) is -2.26. The van der Waals surface area contributed by atoms with Gasteiger partial charge in [0, 0.05) is 23.5 Å². The van der Waals surface area contributed by atoms with E-state index in [1.54, 1.807) is 30.3 Å². The Labute approximate surface area is 174 Å². The van der Waals surface area contributed by atoms with Gasteiger partial charge in [-0.1, -0.05) is 12.1 Å². The van der Waals surface area contributed by atoms with E-state index in [-0.39, 0.29) is 17.2 Å². The number of carbonyl (C=O) groups is 2. The number of amides is 2. The average molecular weight is 435 g/mol. The van der Waals surface area contributed by atoms with E-state index in [1.165, 1.54) is 37.9 Å². The molecule has 0 aliphatic carbocycles. The van der Waals surface area contributed by atoms with Crippen LogP contribution >= 0.6 is 11.8 Å². The Bertz CT molecular complexity index is 1040. The van der Waals surface area contributed by atoms with Crippen molar-refractivity contribution in [1.29, 1.82) is 0 Å². The molecule has 7 nitrogen and oxygen atoms in total. The molecule has 0 saturated carbocycles. The molecule has 0 fully saturated rings. The molecule has 2 amide bonds. The van der Waals surface area contributed by atoms with Crippen molar-refractivity contribution in [3.8, 4) is 5.75 Å². The first kappa shape index (κ1) is 21.2. The molecular formula is C20H22N2O5S2. The number of ether oxygens (including phenoxy) is 1. The van der Waals surface area contributed by atoms with Crippen LogP contribution in [0.2, 0.25) is 0 Å². The maximum absolute atomic E-state index is 13.0. The highest BCUT2D eigenvalue weighted by atomic mass is 32.2. The lowest BCUT2D eigenvalue weighted by Gasteiger charge is -2.16. The van der Waals surface area contributed by atoms with Gasteiger partial charge >= 0.3 is 0 Å². The van der Waals surface area contributed by atoms with Gasteiger partial charge in [0.05, 0.1) is 28.6 Å². The monoisotopic (exact) mass is 434 g/mol. The second-order valence-electron chi connectivity index (χ2n) is 6.61. The molecule has 0 saturated heterocycles. The lowest BCUT2D eigenvalue weighted by Crippen LogP contribution is -2.25. The Morgan fingerprint density at radius 1 is 1.28 bits per heavy atom. The highest BCUT2D eigenvalue weighted by Gasteiger charge is 2.27. The first-order chi connectivity index (χ1) is 13.8. The molecule has 1 heterocycles. The van der Waals surface area contributed by atoms with Gasteiger partial charge in [-0.3, -0.25) is 9.59 Å². The van der Waals surface area contributed by atoms with Crippen LogP contribution in [0.5, 0.6) is 5.75 Å². The highest BCUT2D eigenvalue weighted by molar-refractivity contribution is 7.99. The molecule has 1 unspecified atom stereocenters. The molecule has 1 aliphatic rings. The first-order valence-electron chi connectivity index (χ1n) is 9.04. The van der Waals surface area contributed by atoms with Crippen molar-refractivity contribution < 1.29 is 22.7 Å². The van der Waals surface area contributed by atoms with Gasteiger partial charge in [0.15, 0.2) is 9.84 Å². The van der Waals surface area contributed by atoms with Gasteiger partial charge in [-0.05, 0) is 37.3 Å². The molecule has 0 bridgehead atoms. The standard InChI is InChI=1S/C20H22N2O5S2/c1-13(11-20(24)21-15-5-3-4-6-17(15)27-2)29(25,26)14-7-8-18-16(12-14)22-19(23)9-10-28-18/h3-8,12-13H,9-11H2,1-2H3,(H,21,24)(H,22,23). The van der Waals surface area contributed by atoms with E-state index in [1.807, 2.05) is 0 Å². The maximum Gasteiger partial charge on any atom is 0.225 e. The molecular weight excluding hydrogens is 412 g/mol. The first-order valence-corrected chi connectivity index (χ1v) is 11.6. The van der Waals surface area contributed by atoms with Gasteiger partial charge in [-0.25, -0.2) is 8.42 Å². The third-order valence-electron chi connectivity index (χ3n) is 4.52. The molecule has 2 N–H and O–H groups in total. The summed E-state index contributed by atoms with van der Waals surface area (Å²) in [6.07, 6.45) is 0.166. The van der Waals surface area contributed by atoms with Crippen LogP contribution in [0.15, 0.2) is 52.3 Å². The topological polar surface area (TPSA) is 102 Å². The number of carbonyl (C=O) groups excluding carboxylic acids is 2. The highest BCUT2D eigenvalue weighted by Crippen LogP contribution is 2.33. The van der Waals surface area contributed by atoms with Crippen molar-refractivity contribution in [3.63, 3.8) is 0 Å². The molecule has 0 aromatic heterocycles. The summed E-state index contributed by atoms with van der Waals surface area (Å²) in [5.41, 5.74) is 0.971. The smallest absolute Gasteiger partial charge is 0.225 e. The van der Waals surface area contributed by atoms with E-state index in [9.17, 15) is 18.0 Å². The van der Waals surface area contributed by atoms with Crippen LogP contribution in [-0.4, -0.2) is 38.3 Å². The zero-order valence-electron chi connectivity index (χ0n) is 16.1. The summed E-state index contributed by atoms with van der Waals surface area (Å²) < 4.78 is 31.1. The Morgan fingerprint density at radius 2 is 2.03 bits per heavy atom. The molecule has 1 aliphatic heterocycles. The predicted molar refractivity (Wildman–Crippen MR) is 113 cm³/mol. The maximum atomic E-state index is 13.0. The normalized spacial score (nSPS) is 14.9. The number of anilines is 2. The molecule has 0 spiro atoms. The van der Waals surface area contributed by atoms with E-state index in [2.05, 4.69) is 10.6 Å². The van der Waals surface area contributed by atoms with Crippen LogP contribution < -0.4 is 15.4 Å². The minimum atomic E-state index is -3.76. The number of methoxy groups -OCH3 is 1. The lowest BCUT2D eigenvalue weighted by molar-refractivity contribution is -0.116. The van der Waals surface area contributed by atoms with Crippen molar-refractivity contribution in [1.82, 2.24) is 0 Å². The molecule has 29 heavy (non-hydrogen) atoms. The van der Waals surface area contributed by atoms with Gasteiger partial charge in [0.2, 0.25) is 11.8 Å². The number of para-hydroxylation sites is 2. The summed E-state index contributed by atoms with van der Waals surface area (Å²) in [4.78, 5) is 25.1. The Kier molecular flexibility index (Phi) is 6.49. The van der Waals surface area contributed by atoms with Crippen molar-refractivity contribution in [2.45, 2.75) is 34.8 Å².